The molecule has 2 aromatic carbocycles. The Kier molecular flexibility index (Phi) is 6.64. The highest BCUT2D eigenvalue weighted by atomic mass is 32.2. The fraction of sp³-hybridized carbons (Fsp3) is 0.238. The molecule has 3 aromatic rings. The maximum absolute atomic E-state index is 12.6. The third-order valence-electron chi connectivity index (χ3n) is 4.23. The van der Waals surface area contributed by atoms with Gasteiger partial charge in [-0.15, -0.1) is 11.8 Å². The predicted octanol–water partition coefficient (Wildman–Crippen LogP) is 5.01. The summed E-state index contributed by atoms with van der Waals surface area (Å²) in [6.45, 7) is -1.13. The number of alkyl halides is 3. The number of benzene rings is 2. The second-order valence-corrected chi connectivity index (χ2v) is 7.60. The van der Waals surface area contributed by atoms with Crippen molar-refractivity contribution in [3.63, 3.8) is 0 Å². The highest BCUT2D eigenvalue weighted by Crippen LogP contribution is 2.23. The lowest BCUT2D eigenvalue weighted by atomic mass is 10.2. The average Bonchev–Trinajstić information content (AvgIpc) is 3.11. The first-order valence-electron chi connectivity index (χ1n) is 8.91. The summed E-state index contributed by atoms with van der Waals surface area (Å²) in [5.74, 6) is 0.745. The van der Waals surface area contributed by atoms with Gasteiger partial charge in [0.25, 0.3) is 5.91 Å². The first kappa shape index (κ1) is 21.0. The molecular weight excluding hydrogens is 399 g/mol. The van der Waals surface area contributed by atoms with Crippen LogP contribution in [0, 0.1) is 0 Å². The van der Waals surface area contributed by atoms with Gasteiger partial charge in [-0.1, -0.05) is 30.3 Å². The fourth-order valence-electron chi connectivity index (χ4n) is 2.77. The van der Waals surface area contributed by atoms with E-state index < -0.39 is 12.7 Å². The number of rotatable bonds is 7. The van der Waals surface area contributed by atoms with Crippen molar-refractivity contribution in [1.29, 1.82) is 0 Å². The molecule has 0 bridgehead atoms. The molecule has 0 N–H and O–H groups in total. The molecular formula is C21H20F3N3OS. The molecule has 0 spiro atoms. The van der Waals surface area contributed by atoms with Gasteiger partial charge < -0.3 is 9.47 Å². The molecule has 1 aromatic heterocycles. The summed E-state index contributed by atoms with van der Waals surface area (Å²) < 4.78 is 38.9. The van der Waals surface area contributed by atoms with Crippen molar-refractivity contribution in [3.8, 4) is 0 Å². The van der Waals surface area contributed by atoms with Crippen LogP contribution in [0.2, 0.25) is 0 Å². The molecule has 1 heterocycles. The first-order chi connectivity index (χ1) is 13.8. The van der Waals surface area contributed by atoms with Crippen LogP contribution in [-0.4, -0.2) is 33.6 Å². The minimum absolute atomic E-state index is 0.00752. The van der Waals surface area contributed by atoms with Crippen molar-refractivity contribution in [2.24, 2.45) is 0 Å². The van der Waals surface area contributed by atoms with Gasteiger partial charge in [0.15, 0.2) is 0 Å². The van der Waals surface area contributed by atoms with E-state index in [1.165, 1.54) is 22.9 Å². The van der Waals surface area contributed by atoms with E-state index in [9.17, 15) is 18.0 Å². The number of aromatic nitrogens is 2. The molecule has 152 valence electrons. The van der Waals surface area contributed by atoms with Crippen LogP contribution >= 0.6 is 11.8 Å². The van der Waals surface area contributed by atoms with Crippen LogP contribution in [0.25, 0.3) is 0 Å². The standard InChI is InChI=1S/C21H20F3N3OS/c1-26(13-19-25-11-12-27(19)15-21(22,23)24)20(28)17-7-9-18(10-8-17)29-14-16-5-3-2-4-6-16/h2-12H,13-15H2,1H3. The third kappa shape index (κ3) is 6.12. The van der Waals surface area contributed by atoms with Crippen LogP contribution in [0.15, 0.2) is 71.9 Å². The molecule has 0 radical (unpaired) electrons. The molecule has 0 saturated carbocycles. The number of hydrogen-bond acceptors (Lipinski definition) is 3. The maximum Gasteiger partial charge on any atom is 0.406 e. The van der Waals surface area contributed by atoms with Gasteiger partial charge in [-0.2, -0.15) is 13.2 Å². The van der Waals surface area contributed by atoms with Crippen LogP contribution in [-0.2, 0) is 18.8 Å². The molecule has 3 rings (SSSR count). The van der Waals surface area contributed by atoms with Gasteiger partial charge in [0, 0.05) is 35.7 Å². The predicted molar refractivity (Wildman–Crippen MR) is 107 cm³/mol. The topological polar surface area (TPSA) is 38.1 Å². The highest BCUT2D eigenvalue weighted by Gasteiger charge is 2.29. The van der Waals surface area contributed by atoms with Crippen LogP contribution in [0.1, 0.15) is 21.7 Å². The van der Waals surface area contributed by atoms with E-state index in [4.69, 9.17) is 0 Å². The molecule has 29 heavy (non-hydrogen) atoms. The monoisotopic (exact) mass is 419 g/mol. The van der Waals surface area contributed by atoms with Crippen molar-refractivity contribution in [3.05, 3.63) is 83.9 Å². The first-order valence-corrected chi connectivity index (χ1v) is 9.89. The molecule has 8 heteroatoms. The van der Waals surface area contributed by atoms with Gasteiger partial charge in [-0.25, -0.2) is 4.98 Å². The van der Waals surface area contributed by atoms with Gasteiger partial charge >= 0.3 is 6.18 Å². The number of carbonyl (C=O) groups excluding carboxylic acids is 1. The number of carbonyl (C=O) groups is 1. The van der Waals surface area contributed by atoms with Gasteiger partial charge in [0.05, 0.1) is 6.54 Å². The van der Waals surface area contributed by atoms with Crippen LogP contribution < -0.4 is 0 Å². The fourth-order valence-corrected chi connectivity index (χ4v) is 3.62. The molecule has 1 amide bonds. The van der Waals surface area contributed by atoms with Gasteiger partial charge in [-0.05, 0) is 29.8 Å². The van der Waals surface area contributed by atoms with Crippen molar-refractivity contribution >= 4 is 17.7 Å². The van der Waals surface area contributed by atoms with E-state index in [0.717, 1.165) is 15.2 Å². The van der Waals surface area contributed by atoms with Crippen molar-refractivity contribution in [2.45, 2.75) is 29.9 Å². The summed E-state index contributed by atoms with van der Waals surface area (Å²) in [4.78, 5) is 19.0. The van der Waals surface area contributed by atoms with Crippen LogP contribution in [0.5, 0.6) is 0 Å². The number of amides is 1. The molecule has 0 aliphatic heterocycles. The van der Waals surface area contributed by atoms with E-state index >= 15 is 0 Å². The van der Waals surface area contributed by atoms with Crippen LogP contribution in [0.4, 0.5) is 13.2 Å². The summed E-state index contributed by atoms with van der Waals surface area (Å²) in [5, 5.41) is 0. The molecule has 0 fully saturated rings. The molecule has 0 atom stereocenters. The SMILES string of the molecule is CN(Cc1nccn1CC(F)(F)F)C(=O)c1ccc(SCc2ccccc2)cc1. The molecule has 0 aliphatic carbocycles. The molecule has 4 nitrogen and oxygen atoms in total. The Morgan fingerprint density at radius 3 is 2.45 bits per heavy atom. The van der Waals surface area contributed by atoms with Gasteiger partial charge in [0.1, 0.15) is 12.4 Å². The summed E-state index contributed by atoms with van der Waals surface area (Å²) >= 11 is 1.67. The van der Waals surface area contributed by atoms with E-state index in [1.807, 2.05) is 30.3 Å². The zero-order valence-corrected chi connectivity index (χ0v) is 16.6. The Bertz CT molecular complexity index is 940. The normalized spacial score (nSPS) is 11.4. The number of halogens is 3. The van der Waals surface area contributed by atoms with Gasteiger partial charge in [-0.3, -0.25) is 4.79 Å². The minimum Gasteiger partial charge on any atom is -0.334 e. The maximum atomic E-state index is 12.6. The Balaban J connectivity index is 1.59. The Hall–Kier alpha value is -2.74. The quantitative estimate of drug-likeness (QED) is 0.506. The molecule has 0 saturated heterocycles. The zero-order chi connectivity index (χ0) is 20.9. The number of hydrogen-bond donors (Lipinski definition) is 0. The lowest BCUT2D eigenvalue weighted by molar-refractivity contribution is -0.141. The van der Waals surface area contributed by atoms with Gasteiger partial charge in [0.2, 0.25) is 0 Å². The third-order valence-corrected chi connectivity index (χ3v) is 5.31. The number of imidazole rings is 1. The summed E-state index contributed by atoms with van der Waals surface area (Å²) in [7, 11) is 1.55. The number of thioether (sulfide) groups is 1. The lowest BCUT2D eigenvalue weighted by Crippen LogP contribution is -2.29. The lowest BCUT2D eigenvalue weighted by Gasteiger charge is -2.18. The zero-order valence-electron chi connectivity index (χ0n) is 15.8. The van der Waals surface area contributed by atoms with Crippen molar-refractivity contribution in [2.75, 3.05) is 7.05 Å². The Labute approximate surface area is 171 Å². The van der Waals surface area contributed by atoms with E-state index in [1.54, 1.807) is 30.9 Å². The van der Waals surface area contributed by atoms with Crippen molar-refractivity contribution in [1.82, 2.24) is 14.5 Å². The molecule has 0 aliphatic rings. The minimum atomic E-state index is -4.34. The summed E-state index contributed by atoms with van der Waals surface area (Å²) in [6, 6.07) is 17.3. The van der Waals surface area contributed by atoms with E-state index in [-0.39, 0.29) is 18.3 Å². The van der Waals surface area contributed by atoms with E-state index in [0.29, 0.717) is 5.56 Å². The van der Waals surface area contributed by atoms with Crippen LogP contribution in [0.3, 0.4) is 0 Å². The Morgan fingerprint density at radius 1 is 1.10 bits per heavy atom. The number of nitrogens with zero attached hydrogens (tertiary/aromatic N) is 3. The average molecular weight is 419 g/mol. The second kappa shape index (κ2) is 9.17. The largest absolute Gasteiger partial charge is 0.406 e. The Morgan fingerprint density at radius 2 is 1.79 bits per heavy atom. The molecule has 0 unspecified atom stereocenters. The highest BCUT2D eigenvalue weighted by molar-refractivity contribution is 7.98. The second-order valence-electron chi connectivity index (χ2n) is 6.55. The van der Waals surface area contributed by atoms with Crippen molar-refractivity contribution < 1.29 is 18.0 Å². The van der Waals surface area contributed by atoms with E-state index in [2.05, 4.69) is 17.1 Å². The summed E-state index contributed by atoms with van der Waals surface area (Å²) in [6.07, 6.45) is -1.77. The smallest absolute Gasteiger partial charge is 0.334 e. The summed E-state index contributed by atoms with van der Waals surface area (Å²) in [5.41, 5.74) is 1.69.